The molecule has 0 aromatic carbocycles. The fourth-order valence-corrected chi connectivity index (χ4v) is 3.75. The maximum absolute atomic E-state index is 5.56. The maximum Gasteiger partial charge on any atom is 0.0666 e. The lowest BCUT2D eigenvalue weighted by Gasteiger charge is -2.14. The second-order valence-corrected chi connectivity index (χ2v) is 6.06. The molecule has 3 unspecified atom stereocenters. The number of rotatable bonds is 5. The second kappa shape index (κ2) is 6.12. The van der Waals surface area contributed by atoms with Crippen molar-refractivity contribution in [2.24, 2.45) is 0 Å². The first-order valence-electron chi connectivity index (χ1n) is 6.33. The van der Waals surface area contributed by atoms with Crippen molar-refractivity contribution in [2.45, 2.75) is 56.4 Å². The van der Waals surface area contributed by atoms with Gasteiger partial charge in [-0.1, -0.05) is 0 Å². The minimum atomic E-state index is 0.486. The molecular formula is C12H23NOS. The summed E-state index contributed by atoms with van der Waals surface area (Å²) in [6.07, 6.45) is 7.26. The van der Waals surface area contributed by atoms with Crippen LogP contribution in [0.2, 0.25) is 0 Å². The Hall–Kier alpha value is 0.270. The molecule has 15 heavy (non-hydrogen) atoms. The van der Waals surface area contributed by atoms with Crippen molar-refractivity contribution < 1.29 is 4.74 Å². The normalized spacial score (nSPS) is 36.2. The standard InChI is InChI=1S/C12H23NOS/c1-10-12(6-8-14-10)15-9-3-5-11-4-2-7-13-11/h10-13H,2-9H2,1H3. The van der Waals surface area contributed by atoms with Crippen molar-refractivity contribution in [3.8, 4) is 0 Å². The highest BCUT2D eigenvalue weighted by molar-refractivity contribution is 7.99. The van der Waals surface area contributed by atoms with Crippen molar-refractivity contribution in [1.29, 1.82) is 0 Å². The van der Waals surface area contributed by atoms with Gasteiger partial charge in [-0.25, -0.2) is 0 Å². The van der Waals surface area contributed by atoms with Crippen LogP contribution < -0.4 is 5.32 Å². The quantitative estimate of drug-likeness (QED) is 0.732. The molecule has 0 spiro atoms. The van der Waals surface area contributed by atoms with E-state index in [0.717, 1.165) is 17.9 Å². The number of hydrogen-bond acceptors (Lipinski definition) is 3. The lowest BCUT2D eigenvalue weighted by atomic mass is 10.1. The van der Waals surface area contributed by atoms with Gasteiger partial charge < -0.3 is 10.1 Å². The first-order chi connectivity index (χ1) is 7.36. The number of nitrogens with one attached hydrogen (secondary N) is 1. The van der Waals surface area contributed by atoms with Crippen LogP contribution in [0.4, 0.5) is 0 Å². The first kappa shape index (κ1) is 11.7. The van der Waals surface area contributed by atoms with Gasteiger partial charge in [-0.3, -0.25) is 0 Å². The van der Waals surface area contributed by atoms with Gasteiger partial charge >= 0.3 is 0 Å². The van der Waals surface area contributed by atoms with Crippen LogP contribution in [0.5, 0.6) is 0 Å². The van der Waals surface area contributed by atoms with Crippen molar-refractivity contribution in [3.05, 3.63) is 0 Å². The molecule has 2 aliphatic rings. The third-order valence-corrected chi connectivity index (χ3v) is 5.07. The molecule has 0 saturated carbocycles. The van der Waals surface area contributed by atoms with Crippen molar-refractivity contribution in [3.63, 3.8) is 0 Å². The Kier molecular flexibility index (Phi) is 4.79. The van der Waals surface area contributed by atoms with Gasteiger partial charge in [-0.15, -0.1) is 0 Å². The highest BCUT2D eigenvalue weighted by Gasteiger charge is 2.24. The Morgan fingerprint density at radius 2 is 2.33 bits per heavy atom. The van der Waals surface area contributed by atoms with E-state index in [9.17, 15) is 0 Å². The molecule has 2 nitrogen and oxygen atoms in total. The predicted molar refractivity (Wildman–Crippen MR) is 66.5 cm³/mol. The topological polar surface area (TPSA) is 21.3 Å². The third-order valence-electron chi connectivity index (χ3n) is 3.50. The smallest absolute Gasteiger partial charge is 0.0666 e. The summed E-state index contributed by atoms with van der Waals surface area (Å²) in [6, 6.07) is 0.822. The Labute approximate surface area is 97.5 Å². The van der Waals surface area contributed by atoms with Gasteiger partial charge in [0.25, 0.3) is 0 Å². The van der Waals surface area contributed by atoms with Gasteiger partial charge in [0.2, 0.25) is 0 Å². The SMILES string of the molecule is CC1OCCC1SCCCC1CCCN1. The number of ether oxygens (including phenoxy) is 1. The van der Waals surface area contributed by atoms with Crippen molar-refractivity contribution in [1.82, 2.24) is 5.32 Å². The minimum Gasteiger partial charge on any atom is -0.377 e. The lowest BCUT2D eigenvalue weighted by Crippen LogP contribution is -2.21. The van der Waals surface area contributed by atoms with Gasteiger partial charge in [0.15, 0.2) is 0 Å². The molecule has 0 radical (unpaired) electrons. The lowest BCUT2D eigenvalue weighted by molar-refractivity contribution is 0.127. The fraction of sp³-hybridized carbons (Fsp3) is 1.00. The molecule has 0 bridgehead atoms. The van der Waals surface area contributed by atoms with Crippen LogP contribution in [0, 0.1) is 0 Å². The second-order valence-electron chi connectivity index (χ2n) is 4.71. The van der Waals surface area contributed by atoms with Crippen LogP contribution in [0.3, 0.4) is 0 Å². The van der Waals surface area contributed by atoms with Gasteiger partial charge in [-0.2, -0.15) is 11.8 Å². The minimum absolute atomic E-state index is 0.486. The first-order valence-corrected chi connectivity index (χ1v) is 7.38. The molecule has 3 heteroatoms. The molecule has 0 aromatic heterocycles. The molecule has 2 saturated heterocycles. The van der Waals surface area contributed by atoms with E-state index in [1.54, 1.807) is 0 Å². The van der Waals surface area contributed by atoms with E-state index >= 15 is 0 Å². The zero-order chi connectivity index (χ0) is 10.5. The zero-order valence-electron chi connectivity index (χ0n) is 9.71. The summed E-state index contributed by atoms with van der Waals surface area (Å²) in [5.74, 6) is 1.32. The van der Waals surface area contributed by atoms with Crippen LogP contribution in [-0.2, 0) is 4.74 Å². The molecule has 2 rings (SSSR count). The average Bonchev–Trinajstić information content (AvgIpc) is 2.85. The summed E-state index contributed by atoms with van der Waals surface area (Å²) in [5, 5.41) is 4.33. The van der Waals surface area contributed by atoms with Crippen molar-refractivity contribution >= 4 is 11.8 Å². The molecule has 1 N–H and O–H groups in total. The molecular weight excluding hydrogens is 206 g/mol. The van der Waals surface area contributed by atoms with Gasteiger partial charge in [0.05, 0.1) is 6.10 Å². The van der Waals surface area contributed by atoms with E-state index in [-0.39, 0.29) is 0 Å². The fourth-order valence-electron chi connectivity index (χ4n) is 2.50. The third kappa shape index (κ3) is 3.65. The summed E-state index contributed by atoms with van der Waals surface area (Å²) < 4.78 is 5.56. The van der Waals surface area contributed by atoms with Gasteiger partial charge in [-0.05, 0) is 51.3 Å². The monoisotopic (exact) mass is 229 g/mol. The highest BCUT2D eigenvalue weighted by Crippen LogP contribution is 2.27. The van der Waals surface area contributed by atoms with Crippen molar-refractivity contribution in [2.75, 3.05) is 18.9 Å². The molecule has 3 atom stereocenters. The van der Waals surface area contributed by atoms with Crippen LogP contribution in [0.15, 0.2) is 0 Å². The summed E-state index contributed by atoms with van der Waals surface area (Å²) in [4.78, 5) is 0. The largest absolute Gasteiger partial charge is 0.377 e. The molecule has 2 heterocycles. The Bertz CT molecular complexity index is 182. The van der Waals surface area contributed by atoms with Gasteiger partial charge in [0, 0.05) is 17.9 Å². The number of thioether (sulfide) groups is 1. The van der Waals surface area contributed by atoms with Crippen LogP contribution in [0.25, 0.3) is 0 Å². The average molecular weight is 229 g/mol. The molecule has 2 aliphatic heterocycles. The summed E-state index contributed by atoms with van der Waals surface area (Å²) >= 11 is 2.12. The predicted octanol–water partition coefficient (Wildman–Crippen LogP) is 2.43. The highest BCUT2D eigenvalue weighted by atomic mass is 32.2. The molecule has 0 amide bonds. The van der Waals surface area contributed by atoms with Crippen LogP contribution >= 0.6 is 11.8 Å². The molecule has 0 aliphatic carbocycles. The van der Waals surface area contributed by atoms with E-state index in [1.807, 2.05) is 0 Å². The Balaban J connectivity index is 1.51. The van der Waals surface area contributed by atoms with E-state index in [1.165, 1.54) is 44.4 Å². The van der Waals surface area contributed by atoms with Crippen LogP contribution in [-0.4, -0.2) is 36.3 Å². The molecule has 2 fully saturated rings. The van der Waals surface area contributed by atoms with Crippen LogP contribution in [0.1, 0.15) is 39.0 Å². The summed E-state index contributed by atoms with van der Waals surface area (Å²) in [7, 11) is 0. The Morgan fingerprint density at radius 3 is 3.00 bits per heavy atom. The zero-order valence-corrected chi connectivity index (χ0v) is 10.5. The van der Waals surface area contributed by atoms with E-state index in [2.05, 4.69) is 24.0 Å². The maximum atomic E-state index is 5.56. The summed E-state index contributed by atoms with van der Waals surface area (Å²) in [5.41, 5.74) is 0. The Morgan fingerprint density at radius 1 is 1.40 bits per heavy atom. The molecule has 88 valence electrons. The van der Waals surface area contributed by atoms with E-state index in [0.29, 0.717) is 6.10 Å². The van der Waals surface area contributed by atoms with Gasteiger partial charge in [0.1, 0.15) is 0 Å². The molecule has 0 aromatic rings. The number of hydrogen-bond donors (Lipinski definition) is 1. The summed E-state index contributed by atoms with van der Waals surface area (Å²) in [6.45, 7) is 4.43. The van der Waals surface area contributed by atoms with E-state index in [4.69, 9.17) is 4.74 Å². The van der Waals surface area contributed by atoms with E-state index < -0.39 is 0 Å².